The molecule has 0 bridgehead atoms. The van der Waals surface area contributed by atoms with Gasteiger partial charge in [-0.2, -0.15) is 10.3 Å². The molecule has 9 heteroatoms. The highest BCUT2D eigenvalue weighted by Crippen LogP contribution is 2.33. The maximum atomic E-state index is 12.3. The van der Waals surface area contributed by atoms with Gasteiger partial charge in [-0.25, -0.2) is 4.79 Å². The Balaban J connectivity index is 1.99. The number of ether oxygens (including phenoxy) is 2. The molecule has 2 aromatic carbocycles. The summed E-state index contributed by atoms with van der Waals surface area (Å²) in [5.41, 5.74) is 2.19. The van der Waals surface area contributed by atoms with Gasteiger partial charge >= 0.3 is 12.3 Å². The number of aromatic nitrogens is 3. The number of H-pyrrole nitrogens is 1. The number of hydrogen-bond acceptors (Lipinski definition) is 5. The van der Waals surface area contributed by atoms with E-state index >= 15 is 0 Å². The number of aromatic amines is 1. The minimum Gasteiger partial charge on any atom is -0.461 e. The Labute approximate surface area is 151 Å². The Bertz CT molecular complexity index is 937. The summed E-state index contributed by atoms with van der Waals surface area (Å²) in [6.07, 6.45) is -4.76. The normalized spacial score (nSPS) is 11.3. The van der Waals surface area contributed by atoms with Crippen molar-refractivity contribution in [1.82, 2.24) is 15.4 Å². The molecule has 3 rings (SSSR count). The number of alkyl halides is 3. The second-order valence-electron chi connectivity index (χ2n) is 5.36. The first-order valence-electron chi connectivity index (χ1n) is 7.92. The molecular formula is C18H14F3N3O3. The predicted octanol–water partition coefficient (Wildman–Crippen LogP) is 4.21. The van der Waals surface area contributed by atoms with Crippen LogP contribution in [0.2, 0.25) is 0 Å². The number of nitrogens with one attached hydrogen (secondary N) is 1. The summed E-state index contributed by atoms with van der Waals surface area (Å²) in [5, 5.41) is 10.3. The number of carbonyl (C=O) groups is 1. The van der Waals surface area contributed by atoms with E-state index in [9.17, 15) is 18.0 Å². The molecule has 0 radical (unpaired) electrons. The molecule has 0 aliphatic carbocycles. The quantitative estimate of drug-likeness (QED) is 0.674. The van der Waals surface area contributed by atoms with E-state index in [1.807, 2.05) is 0 Å². The van der Waals surface area contributed by atoms with Gasteiger partial charge in [-0.05, 0) is 30.2 Å². The highest BCUT2D eigenvalue weighted by Gasteiger charge is 2.31. The van der Waals surface area contributed by atoms with Crippen LogP contribution < -0.4 is 4.74 Å². The lowest BCUT2D eigenvalue weighted by atomic mass is 9.97. The maximum absolute atomic E-state index is 12.3. The van der Waals surface area contributed by atoms with Crippen LogP contribution in [0.15, 0.2) is 48.5 Å². The molecule has 0 saturated heterocycles. The molecule has 1 heterocycles. The molecule has 0 saturated carbocycles. The Morgan fingerprint density at radius 3 is 2.33 bits per heavy atom. The summed E-state index contributed by atoms with van der Waals surface area (Å²) in [4.78, 5) is 12.1. The van der Waals surface area contributed by atoms with Crippen LogP contribution in [0.1, 0.15) is 17.4 Å². The summed E-state index contributed by atoms with van der Waals surface area (Å²) in [6.45, 7) is 1.86. The van der Waals surface area contributed by atoms with E-state index in [0.717, 1.165) is 0 Å². The minimum absolute atomic E-state index is 0.0290. The topological polar surface area (TPSA) is 77.1 Å². The third-order valence-corrected chi connectivity index (χ3v) is 3.60. The monoisotopic (exact) mass is 377 g/mol. The van der Waals surface area contributed by atoms with Crippen molar-refractivity contribution in [3.8, 4) is 28.1 Å². The Morgan fingerprint density at radius 2 is 1.70 bits per heavy atom. The molecule has 1 aromatic heterocycles. The van der Waals surface area contributed by atoms with E-state index in [1.54, 1.807) is 31.2 Å². The molecule has 27 heavy (non-hydrogen) atoms. The van der Waals surface area contributed by atoms with Crippen LogP contribution in [-0.4, -0.2) is 34.3 Å². The van der Waals surface area contributed by atoms with Crippen molar-refractivity contribution in [2.75, 3.05) is 6.61 Å². The lowest BCUT2D eigenvalue weighted by molar-refractivity contribution is -0.274. The van der Waals surface area contributed by atoms with Crippen molar-refractivity contribution in [3.05, 3.63) is 54.2 Å². The minimum atomic E-state index is -4.76. The Kier molecular flexibility index (Phi) is 5.11. The van der Waals surface area contributed by atoms with Crippen molar-refractivity contribution in [3.63, 3.8) is 0 Å². The second-order valence-corrected chi connectivity index (χ2v) is 5.36. The molecule has 0 aliphatic rings. The van der Waals surface area contributed by atoms with E-state index in [0.29, 0.717) is 22.4 Å². The van der Waals surface area contributed by atoms with Crippen molar-refractivity contribution in [1.29, 1.82) is 0 Å². The third-order valence-electron chi connectivity index (χ3n) is 3.60. The van der Waals surface area contributed by atoms with Gasteiger partial charge in [0.05, 0.1) is 6.61 Å². The summed E-state index contributed by atoms with van der Waals surface area (Å²) >= 11 is 0. The van der Waals surface area contributed by atoms with Crippen LogP contribution in [0.4, 0.5) is 13.2 Å². The molecule has 1 N–H and O–H groups in total. The van der Waals surface area contributed by atoms with Crippen LogP contribution >= 0.6 is 0 Å². The van der Waals surface area contributed by atoms with Crippen LogP contribution in [0.25, 0.3) is 22.4 Å². The molecule has 3 aromatic rings. The molecule has 0 atom stereocenters. The first-order chi connectivity index (χ1) is 12.9. The molecule has 0 spiro atoms. The number of hydrogen-bond donors (Lipinski definition) is 1. The average molecular weight is 377 g/mol. The molecular weight excluding hydrogens is 363 g/mol. The average Bonchev–Trinajstić information content (AvgIpc) is 3.11. The number of nitrogens with zero attached hydrogens (tertiary/aromatic N) is 2. The van der Waals surface area contributed by atoms with E-state index < -0.39 is 12.3 Å². The first-order valence-corrected chi connectivity index (χ1v) is 7.92. The smallest absolute Gasteiger partial charge is 0.461 e. The van der Waals surface area contributed by atoms with Crippen LogP contribution in [0, 0.1) is 0 Å². The van der Waals surface area contributed by atoms with Crippen molar-refractivity contribution in [2.24, 2.45) is 0 Å². The highest BCUT2D eigenvalue weighted by atomic mass is 19.4. The molecule has 0 amide bonds. The van der Waals surface area contributed by atoms with Crippen molar-refractivity contribution < 1.29 is 27.4 Å². The van der Waals surface area contributed by atoms with Crippen molar-refractivity contribution in [2.45, 2.75) is 13.3 Å². The number of rotatable bonds is 5. The van der Waals surface area contributed by atoms with E-state index in [2.05, 4.69) is 20.1 Å². The summed E-state index contributed by atoms with van der Waals surface area (Å²) in [7, 11) is 0. The zero-order chi connectivity index (χ0) is 19.4. The van der Waals surface area contributed by atoms with Gasteiger partial charge in [0.15, 0.2) is 5.69 Å². The van der Waals surface area contributed by atoms with Gasteiger partial charge in [0.2, 0.25) is 0 Å². The second kappa shape index (κ2) is 7.48. The third kappa shape index (κ3) is 4.25. The SMILES string of the molecule is CCOC(=O)c1n[nH]nc1-c1ccccc1-c1ccc(OC(F)(F)F)cc1. The van der Waals surface area contributed by atoms with Crippen molar-refractivity contribution >= 4 is 5.97 Å². The molecule has 0 unspecified atom stereocenters. The van der Waals surface area contributed by atoms with Gasteiger partial charge in [0.25, 0.3) is 0 Å². The number of esters is 1. The van der Waals surface area contributed by atoms with E-state index in [-0.39, 0.29) is 18.1 Å². The van der Waals surface area contributed by atoms with Gasteiger partial charge in [0, 0.05) is 5.56 Å². The maximum Gasteiger partial charge on any atom is 0.573 e. The van der Waals surface area contributed by atoms with Crippen LogP contribution in [0.5, 0.6) is 5.75 Å². The van der Waals surface area contributed by atoms with Crippen LogP contribution in [0.3, 0.4) is 0 Å². The standard InChI is InChI=1S/C18H14F3N3O3/c1-2-26-17(25)16-15(22-24-23-16)14-6-4-3-5-13(14)11-7-9-12(10-8-11)27-18(19,20)21/h3-10H,2H2,1H3,(H,22,23,24). The Hall–Kier alpha value is -3.36. The van der Waals surface area contributed by atoms with Gasteiger partial charge in [-0.1, -0.05) is 36.4 Å². The van der Waals surface area contributed by atoms with Gasteiger partial charge in [-0.15, -0.1) is 18.3 Å². The number of halogens is 3. The lowest BCUT2D eigenvalue weighted by Crippen LogP contribution is -2.16. The summed E-state index contributed by atoms with van der Waals surface area (Å²) in [5.74, 6) is -0.942. The van der Waals surface area contributed by atoms with Gasteiger partial charge < -0.3 is 9.47 Å². The molecule has 140 valence electrons. The summed E-state index contributed by atoms with van der Waals surface area (Å²) in [6, 6.07) is 12.4. The highest BCUT2D eigenvalue weighted by molar-refractivity contribution is 5.96. The summed E-state index contributed by atoms with van der Waals surface area (Å²) < 4.78 is 45.8. The molecule has 0 aliphatic heterocycles. The van der Waals surface area contributed by atoms with Gasteiger partial charge in [-0.3, -0.25) is 0 Å². The molecule has 0 fully saturated rings. The van der Waals surface area contributed by atoms with E-state index in [4.69, 9.17) is 4.74 Å². The fraction of sp³-hybridized carbons (Fsp3) is 0.167. The first kappa shape index (κ1) is 18.4. The van der Waals surface area contributed by atoms with Crippen LogP contribution in [-0.2, 0) is 4.74 Å². The zero-order valence-corrected chi connectivity index (χ0v) is 14.1. The number of carbonyl (C=O) groups excluding carboxylic acids is 1. The fourth-order valence-electron chi connectivity index (χ4n) is 2.54. The van der Waals surface area contributed by atoms with Gasteiger partial charge in [0.1, 0.15) is 11.4 Å². The Morgan fingerprint density at radius 1 is 1.04 bits per heavy atom. The predicted molar refractivity (Wildman–Crippen MR) is 89.9 cm³/mol. The lowest BCUT2D eigenvalue weighted by Gasteiger charge is -2.11. The fourth-order valence-corrected chi connectivity index (χ4v) is 2.54. The zero-order valence-electron chi connectivity index (χ0n) is 14.1. The largest absolute Gasteiger partial charge is 0.573 e. The number of benzene rings is 2. The van der Waals surface area contributed by atoms with E-state index in [1.165, 1.54) is 24.3 Å². The molecule has 6 nitrogen and oxygen atoms in total.